The molecule has 0 unspecified atom stereocenters. The molecule has 0 heterocycles. The van der Waals surface area contributed by atoms with Gasteiger partial charge in [0.25, 0.3) is 0 Å². The highest BCUT2D eigenvalue weighted by atomic mass is 16.5. The number of hydrogen-bond donors (Lipinski definition) is 1. The maximum atomic E-state index is 8.94. The lowest BCUT2D eigenvalue weighted by atomic mass is 10.1. The fourth-order valence-corrected chi connectivity index (χ4v) is 1.89. The molecule has 0 saturated heterocycles. The standard InChI is InChI=1S/C16H16N2O/c17-12-14-7-1-2-9-16(14)19-10-4-6-13-5-3-8-15(18)11-13/h1-3,5,7-9,11H,4,6,10,18H2. The number of nitrogens with two attached hydrogens (primary N) is 1. The molecule has 0 saturated carbocycles. The summed E-state index contributed by atoms with van der Waals surface area (Å²) in [7, 11) is 0. The zero-order valence-corrected chi connectivity index (χ0v) is 10.7. The number of ether oxygens (including phenoxy) is 1. The smallest absolute Gasteiger partial charge is 0.137 e. The summed E-state index contributed by atoms with van der Waals surface area (Å²) in [4.78, 5) is 0. The van der Waals surface area contributed by atoms with E-state index in [0.29, 0.717) is 17.9 Å². The van der Waals surface area contributed by atoms with Gasteiger partial charge in [-0.05, 0) is 42.7 Å². The quantitative estimate of drug-likeness (QED) is 0.657. The van der Waals surface area contributed by atoms with Crippen LogP contribution in [-0.4, -0.2) is 6.61 Å². The first-order valence-electron chi connectivity index (χ1n) is 6.26. The summed E-state index contributed by atoms with van der Waals surface area (Å²) in [6, 6.07) is 17.3. The van der Waals surface area contributed by atoms with Gasteiger partial charge in [-0.1, -0.05) is 24.3 Å². The molecule has 96 valence electrons. The Morgan fingerprint density at radius 1 is 1.11 bits per heavy atom. The Bertz CT molecular complexity index is 587. The molecule has 0 spiro atoms. The van der Waals surface area contributed by atoms with Crippen molar-refractivity contribution in [3.05, 3.63) is 59.7 Å². The molecule has 0 atom stereocenters. The molecular weight excluding hydrogens is 236 g/mol. The average molecular weight is 252 g/mol. The van der Waals surface area contributed by atoms with E-state index >= 15 is 0 Å². The average Bonchev–Trinajstić information content (AvgIpc) is 2.44. The maximum Gasteiger partial charge on any atom is 0.137 e. The van der Waals surface area contributed by atoms with E-state index in [9.17, 15) is 0 Å². The molecule has 0 aliphatic carbocycles. The molecule has 0 aromatic heterocycles. The minimum absolute atomic E-state index is 0.575. The zero-order valence-electron chi connectivity index (χ0n) is 10.7. The lowest BCUT2D eigenvalue weighted by Gasteiger charge is -2.07. The van der Waals surface area contributed by atoms with Crippen LogP contribution in [0.15, 0.2) is 48.5 Å². The Hall–Kier alpha value is -2.47. The summed E-state index contributed by atoms with van der Waals surface area (Å²) < 4.78 is 5.63. The number of rotatable bonds is 5. The van der Waals surface area contributed by atoms with Crippen molar-refractivity contribution < 1.29 is 4.74 Å². The van der Waals surface area contributed by atoms with Crippen LogP contribution in [0, 0.1) is 11.3 Å². The van der Waals surface area contributed by atoms with Crippen molar-refractivity contribution in [3.8, 4) is 11.8 Å². The van der Waals surface area contributed by atoms with Gasteiger partial charge in [0.15, 0.2) is 0 Å². The van der Waals surface area contributed by atoms with Crippen LogP contribution < -0.4 is 10.5 Å². The summed E-state index contributed by atoms with van der Waals surface area (Å²) in [6.07, 6.45) is 1.81. The first-order chi connectivity index (χ1) is 9.29. The van der Waals surface area contributed by atoms with Crippen LogP contribution in [0.1, 0.15) is 17.5 Å². The topological polar surface area (TPSA) is 59.0 Å². The summed E-state index contributed by atoms with van der Waals surface area (Å²) in [6.45, 7) is 0.591. The summed E-state index contributed by atoms with van der Waals surface area (Å²) in [5.74, 6) is 0.651. The normalized spacial score (nSPS) is 9.84. The number of nitrogen functional groups attached to an aromatic ring is 1. The summed E-state index contributed by atoms with van der Waals surface area (Å²) >= 11 is 0. The molecule has 0 bridgehead atoms. The third-order valence-electron chi connectivity index (χ3n) is 2.83. The van der Waals surface area contributed by atoms with Gasteiger partial charge in [-0.15, -0.1) is 0 Å². The van der Waals surface area contributed by atoms with Crippen LogP contribution in [0.3, 0.4) is 0 Å². The highest BCUT2D eigenvalue weighted by molar-refractivity contribution is 5.42. The number of anilines is 1. The van der Waals surface area contributed by atoms with E-state index < -0.39 is 0 Å². The van der Waals surface area contributed by atoms with E-state index in [1.54, 1.807) is 6.07 Å². The highest BCUT2D eigenvalue weighted by Crippen LogP contribution is 2.17. The number of nitriles is 1. The van der Waals surface area contributed by atoms with E-state index in [-0.39, 0.29) is 0 Å². The third kappa shape index (κ3) is 3.75. The minimum Gasteiger partial charge on any atom is -0.492 e. The number of para-hydroxylation sites is 1. The van der Waals surface area contributed by atoms with Crippen LogP contribution in [0.25, 0.3) is 0 Å². The first kappa shape index (κ1) is 13.0. The van der Waals surface area contributed by atoms with Crippen LogP contribution in [-0.2, 0) is 6.42 Å². The van der Waals surface area contributed by atoms with Crippen molar-refractivity contribution >= 4 is 5.69 Å². The number of aryl methyl sites for hydroxylation is 1. The monoisotopic (exact) mass is 252 g/mol. The molecule has 2 rings (SSSR count). The molecule has 2 aromatic rings. The van der Waals surface area contributed by atoms with Gasteiger partial charge in [0.2, 0.25) is 0 Å². The molecule has 0 amide bonds. The van der Waals surface area contributed by atoms with Gasteiger partial charge in [0.05, 0.1) is 12.2 Å². The van der Waals surface area contributed by atoms with Crippen molar-refractivity contribution in [2.45, 2.75) is 12.8 Å². The Balaban J connectivity index is 1.83. The predicted octanol–water partition coefficient (Wildman–Crippen LogP) is 3.15. The molecule has 0 aliphatic heterocycles. The lowest BCUT2D eigenvalue weighted by Crippen LogP contribution is -2.01. The summed E-state index contributed by atoms with van der Waals surface area (Å²) in [5, 5.41) is 8.94. The van der Waals surface area contributed by atoms with Gasteiger partial charge in [-0.2, -0.15) is 5.26 Å². The van der Waals surface area contributed by atoms with Gasteiger partial charge in [-0.3, -0.25) is 0 Å². The zero-order chi connectivity index (χ0) is 13.5. The molecule has 19 heavy (non-hydrogen) atoms. The molecule has 3 nitrogen and oxygen atoms in total. The molecule has 2 N–H and O–H groups in total. The number of benzene rings is 2. The second-order valence-electron chi connectivity index (χ2n) is 4.31. The van der Waals surface area contributed by atoms with Crippen LogP contribution in [0.2, 0.25) is 0 Å². The van der Waals surface area contributed by atoms with Crippen LogP contribution in [0.4, 0.5) is 5.69 Å². The Kier molecular flexibility index (Phi) is 4.41. The van der Waals surface area contributed by atoms with Crippen LogP contribution in [0.5, 0.6) is 5.75 Å². The molecule has 0 aliphatic rings. The van der Waals surface area contributed by atoms with Crippen molar-refractivity contribution in [2.24, 2.45) is 0 Å². The van der Waals surface area contributed by atoms with Crippen molar-refractivity contribution in [1.29, 1.82) is 5.26 Å². The minimum atomic E-state index is 0.575. The van der Waals surface area contributed by atoms with Gasteiger partial charge in [0, 0.05) is 5.69 Å². The Morgan fingerprint density at radius 2 is 1.95 bits per heavy atom. The fraction of sp³-hybridized carbons (Fsp3) is 0.188. The maximum absolute atomic E-state index is 8.94. The van der Waals surface area contributed by atoms with Crippen LogP contribution >= 0.6 is 0 Å². The molecule has 2 aromatic carbocycles. The number of nitrogens with zero attached hydrogens (tertiary/aromatic N) is 1. The van der Waals surface area contributed by atoms with E-state index in [2.05, 4.69) is 12.1 Å². The predicted molar refractivity (Wildman–Crippen MR) is 75.8 cm³/mol. The van der Waals surface area contributed by atoms with Gasteiger partial charge in [0.1, 0.15) is 11.8 Å². The van der Waals surface area contributed by atoms with E-state index in [4.69, 9.17) is 15.7 Å². The van der Waals surface area contributed by atoms with Crippen molar-refractivity contribution in [2.75, 3.05) is 12.3 Å². The molecule has 0 radical (unpaired) electrons. The highest BCUT2D eigenvalue weighted by Gasteiger charge is 2.01. The van der Waals surface area contributed by atoms with Crippen molar-refractivity contribution in [1.82, 2.24) is 0 Å². The lowest BCUT2D eigenvalue weighted by molar-refractivity contribution is 0.310. The number of hydrogen-bond acceptors (Lipinski definition) is 3. The van der Waals surface area contributed by atoms with Crippen molar-refractivity contribution in [3.63, 3.8) is 0 Å². The largest absolute Gasteiger partial charge is 0.492 e. The molecular formula is C16H16N2O. The second kappa shape index (κ2) is 6.46. The fourth-order valence-electron chi connectivity index (χ4n) is 1.89. The van der Waals surface area contributed by atoms with Gasteiger partial charge >= 0.3 is 0 Å². The Labute approximate surface area is 113 Å². The van der Waals surface area contributed by atoms with Gasteiger partial charge < -0.3 is 10.5 Å². The van der Waals surface area contributed by atoms with E-state index in [0.717, 1.165) is 18.5 Å². The summed E-state index contributed by atoms with van der Waals surface area (Å²) in [5.41, 5.74) is 8.29. The SMILES string of the molecule is N#Cc1ccccc1OCCCc1cccc(N)c1. The van der Waals surface area contributed by atoms with Gasteiger partial charge in [-0.25, -0.2) is 0 Å². The molecule has 0 fully saturated rings. The third-order valence-corrected chi connectivity index (χ3v) is 2.83. The first-order valence-corrected chi connectivity index (χ1v) is 6.26. The van der Waals surface area contributed by atoms with E-state index in [1.807, 2.05) is 36.4 Å². The Morgan fingerprint density at radius 3 is 2.74 bits per heavy atom. The van der Waals surface area contributed by atoms with E-state index in [1.165, 1.54) is 5.56 Å². The second-order valence-corrected chi connectivity index (χ2v) is 4.31. The molecule has 3 heteroatoms.